The summed E-state index contributed by atoms with van der Waals surface area (Å²) in [7, 11) is 0. The van der Waals surface area contributed by atoms with Gasteiger partial charge < -0.3 is 43.2 Å². The zero-order valence-electron chi connectivity index (χ0n) is 25.5. The number of hydrogen-bond donors (Lipinski definition) is 7. The molecule has 3 aromatic rings. The number of phenols is 1. The second kappa shape index (κ2) is 14.5. The lowest BCUT2D eigenvalue weighted by atomic mass is 9.88. The minimum atomic E-state index is -1.26. The van der Waals surface area contributed by atoms with Crippen LogP contribution in [0, 0.1) is 13.8 Å². The molecular weight excluding hydrogens is 574 g/mol. The molecule has 13 heteroatoms. The number of amides is 2. The van der Waals surface area contributed by atoms with E-state index in [1.807, 2.05) is 50.3 Å². The molecule has 45 heavy (non-hydrogen) atoms. The van der Waals surface area contributed by atoms with E-state index in [0.717, 1.165) is 22.3 Å². The zero-order valence-corrected chi connectivity index (χ0v) is 25.5. The number of carbonyl (C=O) groups excluding carboxylic acids is 2. The molecule has 2 amide bonds. The van der Waals surface area contributed by atoms with Crippen LogP contribution in [0.25, 0.3) is 0 Å². The number of hydrogen-bond acceptors (Lipinski definition) is 9. The molecule has 0 spiro atoms. The summed E-state index contributed by atoms with van der Waals surface area (Å²) in [5, 5.41) is 20.1. The zero-order chi connectivity index (χ0) is 32.6. The molecule has 1 aromatic heterocycles. The van der Waals surface area contributed by atoms with Gasteiger partial charge in [0.1, 0.15) is 17.3 Å². The Morgan fingerprint density at radius 2 is 1.84 bits per heavy atom. The van der Waals surface area contributed by atoms with E-state index < -0.39 is 29.4 Å². The summed E-state index contributed by atoms with van der Waals surface area (Å²) >= 11 is 0. The summed E-state index contributed by atoms with van der Waals surface area (Å²) in [4.78, 5) is 35.9. The number of aromatic hydroxyl groups is 1. The number of guanidine groups is 1. The molecule has 0 unspecified atom stereocenters. The van der Waals surface area contributed by atoms with Crippen molar-refractivity contribution in [1.82, 2.24) is 20.8 Å². The summed E-state index contributed by atoms with van der Waals surface area (Å²) in [5.41, 5.74) is 25.6. The average Bonchev–Trinajstić information content (AvgIpc) is 3.46. The number of carbonyl (C=O) groups is 2. The van der Waals surface area contributed by atoms with Crippen molar-refractivity contribution in [3.63, 3.8) is 0 Å². The number of nitrogens with two attached hydrogens (primary N) is 4. The fourth-order valence-electron chi connectivity index (χ4n) is 5.29. The molecule has 11 N–H and O–H groups in total. The van der Waals surface area contributed by atoms with E-state index in [2.05, 4.69) is 25.8 Å². The molecule has 2 aromatic carbocycles. The van der Waals surface area contributed by atoms with Crippen LogP contribution in [0.5, 0.6) is 5.75 Å². The van der Waals surface area contributed by atoms with Gasteiger partial charge in [-0.15, -0.1) is 0 Å². The number of allylic oxidation sites excluding steroid dienone is 1. The van der Waals surface area contributed by atoms with Crippen molar-refractivity contribution in [2.45, 2.75) is 63.6 Å². The second-order valence-electron chi connectivity index (χ2n) is 11.3. The molecule has 0 saturated heterocycles. The van der Waals surface area contributed by atoms with Crippen molar-refractivity contribution in [3.8, 4) is 5.75 Å². The highest BCUT2D eigenvalue weighted by Gasteiger charge is 2.40. The van der Waals surface area contributed by atoms with Crippen LogP contribution in [0.3, 0.4) is 0 Å². The summed E-state index contributed by atoms with van der Waals surface area (Å²) in [6.07, 6.45) is 6.83. The molecule has 0 fully saturated rings. The topological polar surface area (TPSA) is 234 Å². The monoisotopic (exact) mass is 615 g/mol. The van der Waals surface area contributed by atoms with Crippen LogP contribution in [-0.2, 0) is 28.0 Å². The lowest BCUT2D eigenvalue weighted by Gasteiger charge is -2.32. The Kier molecular flexibility index (Phi) is 10.6. The van der Waals surface area contributed by atoms with Gasteiger partial charge in [-0.25, -0.2) is 0 Å². The number of benzene rings is 2. The first kappa shape index (κ1) is 32.7. The largest absolute Gasteiger partial charge is 0.508 e. The van der Waals surface area contributed by atoms with Crippen LogP contribution in [0.4, 0.5) is 0 Å². The molecular formula is C32H41N9O4. The maximum atomic E-state index is 14.1. The van der Waals surface area contributed by atoms with E-state index >= 15 is 0 Å². The minimum absolute atomic E-state index is 0.0426. The first-order chi connectivity index (χ1) is 21.5. The fourth-order valence-corrected chi connectivity index (χ4v) is 5.29. The van der Waals surface area contributed by atoms with E-state index in [-0.39, 0.29) is 30.4 Å². The van der Waals surface area contributed by atoms with Crippen molar-refractivity contribution in [3.05, 3.63) is 100 Å². The highest BCUT2D eigenvalue weighted by atomic mass is 16.5. The molecule has 1 heterocycles. The molecule has 238 valence electrons. The summed E-state index contributed by atoms with van der Waals surface area (Å²) in [6.45, 7) is 3.98. The number of aryl methyl sites for hydroxylation is 2. The van der Waals surface area contributed by atoms with E-state index in [0.29, 0.717) is 37.3 Å². The third kappa shape index (κ3) is 8.70. The average molecular weight is 616 g/mol. The third-order valence-electron chi connectivity index (χ3n) is 7.59. The predicted octanol–water partition coefficient (Wildman–Crippen LogP) is 1.21. The molecule has 0 radical (unpaired) electrons. The lowest BCUT2D eigenvalue weighted by molar-refractivity contribution is -0.130. The fraction of sp³-hybridized carbons (Fsp3) is 0.344. The number of nitrogens with one attached hydrogen (secondary N) is 2. The summed E-state index contributed by atoms with van der Waals surface area (Å²) < 4.78 is 5.70. The number of rotatable bonds is 13. The van der Waals surface area contributed by atoms with Gasteiger partial charge in [0.15, 0.2) is 11.8 Å². The Balaban J connectivity index is 1.61. The van der Waals surface area contributed by atoms with Crippen LogP contribution < -0.4 is 33.6 Å². The van der Waals surface area contributed by atoms with E-state index in [9.17, 15) is 14.7 Å². The number of aromatic nitrogens is 2. The molecule has 3 atom stereocenters. The number of aliphatic imine (C=N–C) groups is 1. The van der Waals surface area contributed by atoms with Crippen molar-refractivity contribution in [2.75, 3.05) is 6.54 Å². The Morgan fingerprint density at radius 1 is 1.13 bits per heavy atom. The van der Waals surface area contributed by atoms with Gasteiger partial charge >= 0.3 is 0 Å². The minimum Gasteiger partial charge on any atom is -0.508 e. The van der Waals surface area contributed by atoms with E-state index in [1.54, 1.807) is 24.3 Å². The normalized spacial score (nSPS) is 17.2. The summed E-state index contributed by atoms with van der Waals surface area (Å²) in [6, 6.07) is 11.0. The Labute approximate surface area is 261 Å². The van der Waals surface area contributed by atoms with Crippen LogP contribution in [0.2, 0.25) is 0 Å². The number of phenolic OH excluding ortho intramolecular Hbond substituents is 1. The first-order valence-corrected chi connectivity index (χ1v) is 14.7. The standard InChI is InChI=1S/C32H41N9O4/c1-19-14-23(42)15-20(2)24(19)17-26(38-28(43)25(34)11-7-13-37-31(35)36)29(44)40-32(12-6-10-22(33)18-32)30-39-27(41-45-30)16-21-8-4-3-5-9-21/h3-6,8-10,14-15,18,25-26,42H,7,11-13,16-17,33-34H2,1-2H3,(H,38,43)(H,40,44)(H4,35,36,37)/t25-,26+,32+/m1/s1. The first-order valence-electron chi connectivity index (χ1n) is 14.7. The van der Waals surface area contributed by atoms with Crippen LogP contribution in [0.1, 0.15) is 53.2 Å². The molecule has 4 rings (SSSR count). The Hall–Kier alpha value is -5.17. The van der Waals surface area contributed by atoms with Crippen LogP contribution >= 0.6 is 0 Å². The van der Waals surface area contributed by atoms with Crippen molar-refractivity contribution in [1.29, 1.82) is 0 Å². The third-order valence-corrected chi connectivity index (χ3v) is 7.59. The van der Waals surface area contributed by atoms with Gasteiger partial charge in [-0.05, 0) is 73.2 Å². The quantitative estimate of drug-likeness (QED) is 0.0824. The molecule has 0 bridgehead atoms. The van der Waals surface area contributed by atoms with E-state index in [4.69, 9.17) is 27.5 Å². The maximum Gasteiger partial charge on any atom is 0.256 e. The van der Waals surface area contributed by atoms with E-state index in [1.165, 1.54) is 0 Å². The van der Waals surface area contributed by atoms with Gasteiger partial charge in [-0.2, -0.15) is 4.98 Å². The van der Waals surface area contributed by atoms with Gasteiger partial charge in [0.2, 0.25) is 11.8 Å². The van der Waals surface area contributed by atoms with Crippen molar-refractivity contribution < 1.29 is 19.2 Å². The second-order valence-corrected chi connectivity index (χ2v) is 11.3. The van der Waals surface area contributed by atoms with Gasteiger partial charge in [-0.3, -0.25) is 14.6 Å². The van der Waals surface area contributed by atoms with Crippen LogP contribution in [0.15, 0.2) is 75.9 Å². The van der Waals surface area contributed by atoms with Gasteiger partial charge in [0, 0.05) is 31.5 Å². The maximum absolute atomic E-state index is 14.1. The Bertz CT molecular complexity index is 1570. The number of nitrogens with zero attached hydrogens (tertiary/aromatic N) is 3. The highest BCUT2D eigenvalue weighted by molar-refractivity contribution is 5.90. The summed E-state index contributed by atoms with van der Waals surface area (Å²) in [5.74, 6) is -0.350. The van der Waals surface area contributed by atoms with Gasteiger partial charge in [-0.1, -0.05) is 41.6 Å². The molecule has 1 aliphatic carbocycles. The van der Waals surface area contributed by atoms with Crippen molar-refractivity contribution in [2.24, 2.45) is 27.9 Å². The smallest absolute Gasteiger partial charge is 0.256 e. The molecule has 13 nitrogen and oxygen atoms in total. The van der Waals surface area contributed by atoms with Gasteiger partial charge in [0.25, 0.3) is 5.89 Å². The lowest BCUT2D eigenvalue weighted by Crippen LogP contribution is -2.57. The van der Waals surface area contributed by atoms with Crippen LogP contribution in [-0.4, -0.2) is 51.6 Å². The molecule has 1 aliphatic rings. The Morgan fingerprint density at radius 3 is 2.51 bits per heavy atom. The predicted molar refractivity (Wildman–Crippen MR) is 170 cm³/mol. The molecule has 0 aliphatic heterocycles. The van der Waals surface area contributed by atoms with Crippen molar-refractivity contribution >= 4 is 17.8 Å². The highest BCUT2D eigenvalue weighted by Crippen LogP contribution is 2.31. The van der Waals surface area contributed by atoms with Gasteiger partial charge in [0.05, 0.1) is 6.04 Å². The SMILES string of the molecule is Cc1cc(O)cc(C)c1C[C@H](NC(=O)[C@H](N)CCCN=C(N)N)C(=O)N[C@]1(c2nc(Cc3ccccc3)no2)C=C(N)C=CC1. The molecule has 0 saturated carbocycles.